The van der Waals surface area contributed by atoms with E-state index in [1.807, 2.05) is 24.4 Å². The van der Waals surface area contributed by atoms with Crippen LogP contribution in [0.5, 0.6) is 0 Å². The van der Waals surface area contributed by atoms with Gasteiger partial charge in [0, 0.05) is 38.1 Å². The first kappa shape index (κ1) is 27.7. The zero-order valence-corrected chi connectivity index (χ0v) is 21.2. The molecule has 1 aliphatic heterocycles. The predicted octanol–water partition coefficient (Wildman–Crippen LogP) is 5.01. The molecular weight excluding hydrogens is 520 g/mol. The molecule has 1 saturated heterocycles. The molecule has 34 heavy (non-hydrogen) atoms. The van der Waals surface area contributed by atoms with Gasteiger partial charge in [0.05, 0.1) is 21.9 Å². The third-order valence-electron chi connectivity index (χ3n) is 5.38. The molecule has 4 N–H and O–H groups in total. The number of benzene rings is 1. The minimum absolute atomic E-state index is 0. The molecule has 1 fully saturated rings. The lowest BCUT2D eigenvalue weighted by Crippen LogP contribution is -2.40. The summed E-state index contributed by atoms with van der Waals surface area (Å²) in [5, 5.41) is 15.0. The fraction of sp³-hybridized carbons (Fsp3) is 0.273. The van der Waals surface area contributed by atoms with Gasteiger partial charge in [0.2, 0.25) is 5.95 Å². The molecule has 0 atom stereocenters. The van der Waals surface area contributed by atoms with Crippen LogP contribution in [0, 0.1) is 5.41 Å². The molecule has 0 unspecified atom stereocenters. The smallest absolute Gasteiger partial charge is 0.276 e. The van der Waals surface area contributed by atoms with Gasteiger partial charge in [-0.15, -0.1) is 24.8 Å². The number of H-pyrrole nitrogens is 1. The summed E-state index contributed by atoms with van der Waals surface area (Å²) in [6, 6.07) is 9.40. The van der Waals surface area contributed by atoms with Crippen LogP contribution < -0.4 is 21.1 Å². The molecule has 0 bridgehead atoms. The van der Waals surface area contributed by atoms with E-state index in [9.17, 15) is 4.79 Å². The van der Waals surface area contributed by atoms with E-state index in [0.717, 1.165) is 43.4 Å². The lowest BCUT2D eigenvalue weighted by molar-refractivity contribution is 0.525. The van der Waals surface area contributed by atoms with Gasteiger partial charge >= 0.3 is 0 Å². The van der Waals surface area contributed by atoms with Crippen LogP contribution in [0.15, 0.2) is 47.5 Å². The van der Waals surface area contributed by atoms with Crippen molar-refractivity contribution in [1.82, 2.24) is 15.0 Å². The summed E-state index contributed by atoms with van der Waals surface area (Å²) in [5.41, 5.74) is 2.29. The number of aromatic amines is 1. The fourth-order valence-electron chi connectivity index (χ4n) is 3.68. The van der Waals surface area contributed by atoms with Crippen LogP contribution in [0.25, 0.3) is 0 Å². The average Bonchev–Trinajstić information content (AvgIpc) is 2.82. The van der Waals surface area contributed by atoms with E-state index in [1.165, 1.54) is 0 Å². The average molecular weight is 545 g/mol. The third kappa shape index (κ3) is 6.76. The molecule has 182 valence electrons. The highest BCUT2D eigenvalue weighted by Crippen LogP contribution is 2.23. The lowest BCUT2D eigenvalue weighted by Gasteiger charge is -2.34. The van der Waals surface area contributed by atoms with Crippen molar-refractivity contribution >= 4 is 71.6 Å². The Bertz CT molecular complexity index is 1150. The van der Waals surface area contributed by atoms with Crippen molar-refractivity contribution in [3.63, 3.8) is 0 Å². The molecule has 8 nitrogen and oxygen atoms in total. The van der Waals surface area contributed by atoms with Gasteiger partial charge in [0.15, 0.2) is 0 Å². The topological polar surface area (TPSA) is 110 Å². The van der Waals surface area contributed by atoms with Crippen LogP contribution in [-0.4, -0.2) is 40.3 Å². The van der Waals surface area contributed by atoms with Gasteiger partial charge in [-0.05, 0) is 42.7 Å². The van der Waals surface area contributed by atoms with Crippen molar-refractivity contribution in [3.8, 4) is 0 Å². The zero-order chi connectivity index (χ0) is 22.5. The van der Waals surface area contributed by atoms with Crippen LogP contribution in [-0.2, 0) is 6.54 Å². The maximum atomic E-state index is 12.7. The van der Waals surface area contributed by atoms with Crippen LogP contribution in [0.4, 0.5) is 17.3 Å². The largest absolute Gasteiger partial charge is 0.376 e. The van der Waals surface area contributed by atoms with E-state index in [1.54, 1.807) is 18.3 Å². The predicted molar refractivity (Wildman–Crippen MR) is 144 cm³/mol. The second kappa shape index (κ2) is 12.8. The normalized spacial score (nSPS) is 13.4. The Morgan fingerprint density at radius 1 is 1.18 bits per heavy atom. The van der Waals surface area contributed by atoms with Gasteiger partial charge in [-0.1, -0.05) is 29.3 Å². The molecule has 0 radical (unpaired) electrons. The van der Waals surface area contributed by atoms with Gasteiger partial charge in [0.25, 0.3) is 5.56 Å². The van der Waals surface area contributed by atoms with Gasteiger partial charge in [-0.3, -0.25) is 14.8 Å². The standard InChI is InChI=1S/C22H23Cl2N7O.2ClH/c23-17-4-3-14(10-18(17)24)12-27-22-29-19(11-25)20(21(32)30-22)28-15-5-8-31(9-6-15)16-2-1-7-26-13-16;;/h1-4,7,10-11,13,15,25,28H,5-6,8-9,12H2,(H2,27,29,30,32);2*1H. The molecule has 3 aromatic rings. The quantitative estimate of drug-likeness (QED) is 0.311. The first-order chi connectivity index (χ1) is 15.5. The Hall–Kier alpha value is -2.52. The Morgan fingerprint density at radius 3 is 2.59 bits per heavy atom. The molecule has 0 saturated carbocycles. The minimum atomic E-state index is -0.315. The summed E-state index contributed by atoms with van der Waals surface area (Å²) < 4.78 is 0. The van der Waals surface area contributed by atoms with E-state index >= 15 is 0 Å². The Morgan fingerprint density at radius 2 is 1.94 bits per heavy atom. The molecule has 1 aromatic carbocycles. The molecule has 0 aliphatic carbocycles. The number of hydrogen-bond donors (Lipinski definition) is 4. The number of aromatic nitrogens is 3. The highest BCUT2D eigenvalue weighted by molar-refractivity contribution is 6.42. The number of anilines is 3. The summed E-state index contributed by atoms with van der Waals surface area (Å²) in [4.78, 5) is 26.3. The second-order valence-corrected chi connectivity index (χ2v) is 8.35. The van der Waals surface area contributed by atoms with Gasteiger partial charge in [-0.25, -0.2) is 4.98 Å². The number of piperidine rings is 1. The number of rotatable bonds is 7. The molecule has 12 heteroatoms. The van der Waals surface area contributed by atoms with Crippen molar-refractivity contribution in [2.75, 3.05) is 28.6 Å². The van der Waals surface area contributed by atoms with Crippen molar-refractivity contribution in [2.24, 2.45) is 0 Å². The number of nitrogens with zero attached hydrogens (tertiary/aromatic N) is 3. The van der Waals surface area contributed by atoms with Gasteiger partial charge in [0.1, 0.15) is 11.4 Å². The molecule has 2 aromatic heterocycles. The van der Waals surface area contributed by atoms with Crippen molar-refractivity contribution < 1.29 is 0 Å². The summed E-state index contributed by atoms with van der Waals surface area (Å²) in [6.07, 6.45) is 6.44. The third-order valence-corrected chi connectivity index (χ3v) is 6.12. The summed E-state index contributed by atoms with van der Waals surface area (Å²) in [6.45, 7) is 2.12. The van der Waals surface area contributed by atoms with Crippen LogP contribution in [0.2, 0.25) is 10.0 Å². The van der Waals surface area contributed by atoms with Gasteiger partial charge < -0.3 is 20.9 Å². The molecule has 4 rings (SSSR count). The summed E-state index contributed by atoms with van der Waals surface area (Å²) in [5.74, 6) is 0.288. The molecular formula is C22H25Cl4N7O. The number of nitrogens with one attached hydrogen (secondary N) is 4. The summed E-state index contributed by atoms with van der Waals surface area (Å²) in [7, 11) is 0. The fourth-order valence-corrected chi connectivity index (χ4v) is 4.00. The zero-order valence-electron chi connectivity index (χ0n) is 18.1. The van der Waals surface area contributed by atoms with E-state index < -0.39 is 0 Å². The maximum absolute atomic E-state index is 12.7. The Balaban J connectivity index is 0.00000204. The molecule has 3 heterocycles. The Kier molecular flexibility index (Phi) is 10.4. The highest BCUT2D eigenvalue weighted by atomic mass is 35.5. The maximum Gasteiger partial charge on any atom is 0.276 e. The van der Waals surface area contributed by atoms with Gasteiger partial charge in [-0.2, -0.15) is 0 Å². The van der Waals surface area contributed by atoms with Crippen molar-refractivity contribution in [1.29, 1.82) is 5.41 Å². The first-order valence-electron chi connectivity index (χ1n) is 10.3. The van der Waals surface area contributed by atoms with Crippen molar-refractivity contribution in [3.05, 3.63) is 74.4 Å². The molecule has 0 spiro atoms. The lowest BCUT2D eigenvalue weighted by atomic mass is 10.0. The first-order valence-corrected chi connectivity index (χ1v) is 11.0. The van der Waals surface area contributed by atoms with Crippen LogP contribution in [0.1, 0.15) is 24.1 Å². The second-order valence-electron chi connectivity index (χ2n) is 7.54. The highest BCUT2D eigenvalue weighted by Gasteiger charge is 2.22. The number of pyridine rings is 1. The monoisotopic (exact) mass is 543 g/mol. The van der Waals surface area contributed by atoms with E-state index in [2.05, 4.69) is 30.5 Å². The number of halogens is 4. The number of hydrogen-bond acceptors (Lipinski definition) is 7. The van der Waals surface area contributed by atoms with Crippen molar-refractivity contribution in [2.45, 2.75) is 25.4 Å². The van der Waals surface area contributed by atoms with Crippen LogP contribution >= 0.6 is 48.0 Å². The Labute approximate surface area is 219 Å². The van der Waals surface area contributed by atoms with Crippen LogP contribution in [0.3, 0.4) is 0 Å². The SMILES string of the molecule is Cl.Cl.N=Cc1nc(NCc2ccc(Cl)c(Cl)c2)[nH]c(=O)c1NC1CCN(c2cccnc2)CC1. The van der Waals surface area contributed by atoms with E-state index in [4.69, 9.17) is 28.6 Å². The van der Waals surface area contributed by atoms with E-state index in [0.29, 0.717) is 28.0 Å². The van der Waals surface area contributed by atoms with E-state index in [-0.39, 0.29) is 42.4 Å². The molecule has 1 aliphatic rings. The minimum Gasteiger partial charge on any atom is -0.376 e. The summed E-state index contributed by atoms with van der Waals surface area (Å²) >= 11 is 12.0. The molecule has 0 amide bonds.